The van der Waals surface area contributed by atoms with Gasteiger partial charge in [-0.25, -0.2) is 4.68 Å². The van der Waals surface area contributed by atoms with Crippen molar-refractivity contribution >= 4 is 0 Å². The average molecular weight is 299 g/mol. The summed E-state index contributed by atoms with van der Waals surface area (Å²) in [6.45, 7) is 8.55. The van der Waals surface area contributed by atoms with Gasteiger partial charge in [0, 0.05) is 12.2 Å². The number of benzene rings is 1. The zero-order valence-corrected chi connectivity index (χ0v) is 13.6. The molecule has 4 heteroatoms. The molecule has 3 rings (SSSR count). The van der Waals surface area contributed by atoms with E-state index in [4.69, 9.17) is 4.74 Å². The summed E-state index contributed by atoms with van der Waals surface area (Å²) in [5, 5.41) is 4.50. The summed E-state index contributed by atoms with van der Waals surface area (Å²) in [6.07, 6.45) is 3.81. The van der Waals surface area contributed by atoms with E-state index in [1.165, 1.54) is 25.9 Å². The molecule has 0 atom stereocenters. The summed E-state index contributed by atoms with van der Waals surface area (Å²) >= 11 is 0. The lowest BCUT2D eigenvalue weighted by Gasteiger charge is -2.14. The van der Waals surface area contributed by atoms with E-state index < -0.39 is 0 Å². The number of hydrogen-bond donors (Lipinski definition) is 0. The van der Waals surface area contributed by atoms with Crippen molar-refractivity contribution in [2.45, 2.75) is 33.1 Å². The summed E-state index contributed by atoms with van der Waals surface area (Å²) in [4.78, 5) is 2.52. The SMILES string of the molecule is Cc1cc(C)n(-c2ccc(OCCCN3CCCC3)cc2)n1. The molecular formula is C18H25N3O. The van der Waals surface area contributed by atoms with Crippen LogP contribution in [0.2, 0.25) is 0 Å². The number of rotatable bonds is 6. The number of aromatic nitrogens is 2. The van der Waals surface area contributed by atoms with Crippen LogP contribution in [0.15, 0.2) is 30.3 Å². The van der Waals surface area contributed by atoms with E-state index in [2.05, 4.69) is 35.1 Å². The molecule has 1 aromatic carbocycles. The standard InChI is InChI=1S/C18H25N3O/c1-15-14-16(2)21(19-15)17-6-8-18(9-7-17)22-13-5-12-20-10-3-4-11-20/h6-9,14H,3-5,10-13H2,1-2H3. The predicted molar refractivity (Wildman–Crippen MR) is 88.8 cm³/mol. The fourth-order valence-corrected chi connectivity index (χ4v) is 3.06. The van der Waals surface area contributed by atoms with E-state index in [0.717, 1.165) is 42.4 Å². The normalized spacial score (nSPS) is 15.4. The lowest BCUT2D eigenvalue weighted by Crippen LogP contribution is -2.21. The van der Waals surface area contributed by atoms with Crippen molar-refractivity contribution in [2.75, 3.05) is 26.2 Å². The number of hydrogen-bond acceptors (Lipinski definition) is 3. The highest BCUT2D eigenvalue weighted by Crippen LogP contribution is 2.17. The first-order chi connectivity index (χ1) is 10.7. The molecule has 0 spiro atoms. The molecule has 0 saturated carbocycles. The van der Waals surface area contributed by atoms with Gasteiger partial charge >= 0.3 is 0 Å². The highest BCUT2D eigenvalue weighted by Gasteiger charge is 2.10. The van der Waals surface area contributed by atoms with E-state index in [1.807, 2.05) is 23.7 Å². The van der Waals surface area contributed by atoms with Crippen LogP contribution >= 0.6 is 0 Å². The molecule has 1 aliphatic rings. The number of ether oxygens (including phenoxy) is 1. The van der Waals surface area contributed by atoms with Gasteiger partial charge in [-0.1, -0.05) is 0 Å². The van der Waals surface area contributed by atoms with Gasteiger partial charge in [0.1, 0.15) is 5.75 Å². The Labute approximate surface area is 132 Å². The summed E-state index contributed by atoms with van der Waals surface area (Å²) in [7, 11) is 0. The number of nitrogens with zero attached hydrogens (tertiary/aromatic N) is 3. The first kappa shape index (κ1) is 15.1. The molecule has 4 nitrogen and oxygen atoms in total. The van der Waals surface area contributed by atoms with Gasteiger partial charge in [-0.3, -0.25) is 0 Å². The number of aryl methyl sites for hydroxylation is 2. The molecule has 2 aromatic rings. The Balaban J connectivity index is 1.50. The fraction of sp³-hybridized carbons (Fsp3) is 0.500. The summed E-state index contributed by atoms with van der Waals surface area (Å²) in [6, 6.07) is 10.3. The highest BCUT2D eigenvalue weighted by molar-refractivity contribution is 5.38. The maximum absolute atomic E-state index is 5.84. The van der Waals surface area contributed by atoms with Crippen LogP contribution in [0.1, 0.15) is 30.7 Å². The Morgan fingerprint density at radius 3 is 2.45 bits per heavy atom. The van der Waals surface area contributed by atoms with Gasteiger partial charge in [-0.2, -0.15) is 5.10 Å². The first-order valence-corrected chi connectivity index (χ1v) is 8.21. The Kier molecular flexibility index (Phi) is 4.78. The van der Waals surface area contributed by atoms with Crippen molar-refractivity contribution in [3.63, 3.8) is 0 Å². The molecule has 0 unspecified atom stereocenters. The minimum atomic E-state index is 0.787. The smallest absolute Gasteiger partial charge is 0.119 e. The van der Waals surface area contributed by atoms with Crippen LogP contribution in [0.4, 0.5) is 0 Å². The average Bonchev–Trinajstić information content (AvgIpc) is 3.14. The minimum Gasteiger partial charge on any atom is -0.494 e. The molecule has 1 fully saturated rings. The predicted octanol–water partition coefficient (Wildman–Crippen LogP) is 3.35. The van der Waals surface area contributed by atoms with Crippen LogP contribution in [0.5, 0.6) is 5.75 Å². The van der Waals surface area contributed by atoms with Gasteiger partial charge in [-0.15, -0.1) is 0 Å². The van der Waals surface area contributed by atoms with Crippen LogP contribution in [-0.4, -0.2) is 40.9 Å². The zero-order valence-electron chi connectivity index (χ0n) is 13.6. The lowest BCUT2D eigenvalue weighted by molar-refractivity contribution is 0.263. The molecule has 0 radical (unpaired) electrons. The maximum atomic E-state index is 5.84. The highest BCUT2D eigenvalue weighted by atomic mass is 16.5. The molecule has 0 N–H and O–H groups in total. The third-order valence-electron chi connectivity index (χ3n) is 4.18. The molecule has 0 bridgehead atoms. The van der Waals surface area contributed by atoms with E-state index >= 15 is 0 Å². The molecular weight excluding hydrogens is 274 g/mol. The summed E-state index contributed by atoms with van der Waals surface area (Å²) in [5.74, 6) is 0.937. The van der Waals surface area contributed by atoms with E-state index in [-0.39, 0.29) is 0 Å². The molecule has 2 heterocycles. The third kappa shape index (κ3) is 3.69. The second-order valence-electron chi connectivity index (χ2n) is 6.08. The van der Waals surface area contributed by atoms with Crippen molar-refractivity contribution in [3.05, 3.63) is 41.7 Å². The van der Waals surface area contributed by atoms with Crippen molar-refractivity contribution in [3.8, 4) is 11.4 Å². The van der Waals surface area contributed by atoms with Crippen LogP contribution < -0.4 is 4.74 Å². The molecule has 0 aliphatic carbocycles. The second kappa shape index (κ2) is 6.97. The molecule has 0 amide bonds. The Bertz CT molecular complexity index is 597. The van der Waals surface area contributed by atoms with Gasteiger partial charge in [-0.05, 0) is 76.5 Å². The summed E-state index contributed by atoms with van der Waals surface area (Å²) < 4.78 is 7.80. The summed E-state index contributed by atoms with van der Waals surface area (Å²) in [5.41, 5.74) is 3.27. The van der Waals surface area contributed by atoms with Crippen LogP contribution in [0.3, 0.4) is 0 Å². The largest absolute Gasteiger partial charge is 0.494 e. The number of likely N-dealkylation sites (tertiary alicyclic amines) is 1. The van der Waals surface area contributed by atoms with Gasteiger partial charge in [0.15, 0.2) is 0 Å². The minimum absolute atomic E-state index is 0.787. The van der Waals surface area contributed by atoms with Crippen molar-refractivity contribution < 1.29 is 4.74 Å². The Morgan fingerprint density at radius 1 is 1.09 bits per heavy atom. The molecule has 1 aliphatic heterocycles. The fourth-order valence-electron chi connectivity index (χ4n) is 3.06. The van der Waals surface area contributed by atoms with Crippen LogP contribution in [0, 0.1) is 13.8 Å². The monoisotopic (exact) mass is 299 g/mol. The lowest BCUT2D eigenvalue weighted by atomic mass is 10.3. The van der Waals surface area contributed by atoms with Crippen LogP contribution in [-0.2, 0) is 0 Å². The van der Waals surface area contributed by atoms with E-state index in [9.17, 15) is 0 Å². The first-order valence-electron chi connectivity index (χ1n) is 8.21. The molecule has 22 heavy (non-hydrogen) atoms. The zero-order chi connectivity index (χ0) is 15.4. The van der Waals surface area contributed by atoms with Gasteiger partial charge in [0.2, 0.25) is 0 Å². The molecule has 1 saturated heterocycles. The molecule has 118 valence electrons. The quantitative estimate of drug-likeness (QED) is 0.766. The van der Waals surface area contributed by atoms with Gasteiger partial charge < -0.3 is 9.64 Å². The van der Waals surface area contributed by atoms with Gasteiger partial charge in [0.25, 0.3) is 0 Å². The van der Waals surface area contributed by atoms with E-state index in [0.29, 0.717) is 0 Å². The van der Waals surface area contributed by atoms with Crippen molar-refractivity contribution in [1.82, 2.24) is 14.7 Å². The van der Waals surface area contributed by atoms with Crippen LogP contribution in [0.25, 0.3) is 5.69 Å². The Morgan fingerprint density at radius 2 is 1.82 bits per heavy atom. The van der Waals surface area contributed by atoms with Crippen molar-refractivity contribution in [2.24, 2.45) is 0 Å². The maximum Gasteiger partial charge on any atom is 0.119 e. The third-order valence-corrected chi connectivity index (χ3v) is 4.18. The topological polar surface area (TPSA) is 30.3 Å². The molecule has 1 aromatic heterocycles. The second-order valence-corrected chi connectivity index (χ2v) is 6.08. The van der Waals surface area contributed by atoms with Crippen molar-refractivity contribution in [1.29, 1.82) is 0 Å². The van der Waals surface area contributed by atoms with Gasteiger partial charge in [0.05, 0.1) is 18.0 Å². The van der Waals surface area contributed by atoms with E-state index in [1.54, 1.807) is 0 Å². The Hall–Kier alpha value is -1.81.